The Balaban J connectivity index is 1.18. The van der Waals surface area contributed by atoms with Gasteiger partial charge in [0.1, 0.15) is 23.7 Å². The maximum atomic E-state index is 13.6. The number of aryl methyl sites for hydroxylation is 3. The van der Waals surface area contributed by atoms with Gasteiger partial charge in [0.05, 0.1) is 27.1 Å². The van der Waals surface area contributed by atoms with E-state index in [1.807, 2.05) is 64.1 Å². The second-order valence-electron chi connectivity index (χ2n) is 13.8. The van der Waals surface area contributed by atoms with E-state index in [0.29, 0.717) is 42.1 Å². The molecule has 4 aromatic carbocycles. The first-order chi connectivity index (χ1) is 26.5. The van der Waals surface area contributed by atoms with Gasteiger partial charge in [0, 0.05) is 23.5 Å². The van der Waals surface area contributed by atoms with Crippen molar-refractivity contribution in [2.75, 3.05) is 24.9 Å². The summed E-state index contributed by atoms with van der Waals surface area (Å²) in [5.74, 6) is -0.0275. The first-order valence-corrected chi connectivity index (χ1v) is 18.5. The van der Waals surface area contributed by atoms with Crippen LogP contribution in [-0.2, 0) is 47.9 Å². The van der Waals surface area contributed by atoms with Gasteiger partial charge in [-0.2, -0.15) is 0 Å². The van der Waals surface area contributed by atoms with Crippen molar-refractivity contribution in [1.82, 2.24) is 0 Å². The van der Waals surface area contributed by atoms with Crippen LogP contribution in [0.1, 0.15) is 83.4 Å². The van der Waals surface area contributed by atoms with Crippen molar-refractivity contribution in [1.29, 1.82) is 0 Å². The van der Waals surface area contributed by atoms with E-state index < -0.39 is 24.0 Å². The minimum absolute atomic E-state index is 0.0280. The topological polar surface area (TPSA) is 129 Å². The van der Waals surface area contributed by atoms with Gasteiger partial charge < -0.3 is 29.6 Å². The van der Waals surface area contributed by atoms with Crippen molar-refractivity contribution < 1.29 is 38.1 Å². The van der Waals surface area contributed by atoms with Gasteiger partial charge >= 0.3 is 0 Å². The molecule has 2 amide bonds. The van der Waals surface area contributed by atoms with Crippen LogP contribution in [-0.4, -0.2) is 37.6 Å². The molecule has 2 heterocycles. The van der Waals surface area contributed by atoms with E-state index in [1.54, 1.807) is 38.5 Å². The van der Waals surface area contributed by atoms with Gasteiger partial charge in [-0.3, -0.25) is 19.2 Å². The highest BCUT2D eigenvalue weighted by Crippen LogP contribution is 2.34. The first kappa shape index (κ1) is 38.6. The lowest BCUT2D eigenvalue weighted by Crippen LogP contribution is -2.25. The zero-order chi connectivity index (χ0) is 39.2. The molecular weight excluding hydrogens is 697 g/mol. The first-order valence-electron chi connectivity index (χ1n) is 18.5. The molecule has 2 N–H and O–H groups in total. The van der Waals surface area contributed by atoms with E-state index in [4.69, 9.17) is 18.9 Å². The van der Waals surface area contributed by atoms with Crippen LogP contribution in [0.3, 0.4) is 0 Å². The summed E-state index contributed by atoms with van der Waals surface area (Å²) in [6, 6.07) is 22.7. The molecule has 10 heteroatoms. The number of methoxy groups -OCH3 is 2. The number of ketones is 2. The highest BCUT2D eigenvalue weighted by atomic mass is 16.5. The Morgan fingerprint density at radius 2 is 1.16 bits per heavy atom. The average molecular weight is 743 g/mol. The number of carbonyl (C=O) groups excluding carboxylic acids is 4. The van der Waals surface area contributed by atoms with Crippen LogP contribution in [0.25, 0.3) is 0 Å². The fourth-order valence-electron chi connectivity index (χ4n) is 7.10. The lowest BCUT2D eigenvalue weighted by Gasteiger charge is -2.25. The fraction of sp³-hybridized carbons (Fsp3) is 0.289. The van der Waals surface area contributed by atoms with Crippen molar-refractivity contribution in [3.05, 3.63) is 141 Å². The van der Waals surface area contributed by atoms with Crippen LogP contribution in [0, 0.1) is 13.8 Å². The molecule has 0 fully saturated rings. The van der Waals surface area contributed by atoms with Crippen LogP contribution in [0.15, 0.2) is 96.5 Å². The molecule has 6 rings (SSSR count). The number of allylic oxidation sites excluding steroid dienone is 2. The number of benzene rings is 4. The zero-order valence-corrected chi connectivity index (χ0v) is 32.0. The van der Waals surface area contributed by atoms with Crippen molar-refractivity contribution in [2.45, 2.75) is 72.0 Å². The standard InChI is InChI=1S/C45H46N2O8/c1-7-29-20-28(19-27(4)42(29)46-44(50)40-24-33(48)22-38(54-40)30-11-15-35(52-5)16-12-30)21-32-10-9-26(3)43(37(32)8-2)47-45(51)41-25-34(49)23-39(55-41)31-13-17-36(53-6)18-14-31/h9-20,24-25,38-39H,7-8,21-23H2,1-6H3,(H,46,50)(H,47,51). The lowest BCUT2D eigenvalue weighted by atomic mass is 9.92. The van der Waals surface area contributed by atoms with Gasteiger partial charge in [-0.15, -0.1) is 0 Å². The van der Waals surface area contributed by atoms with Crippen LogP contribution in [0.2, 0.25) is 0 Å². The number of hydrogen-bond acceptors (Lipinski definition) is 8. The number of nitrogens with one attached hydrogen (secondary N) is 2. The van der Waals surface area contributed by atoms with E-state index in [2.05, 4.69) is 22.8 Å². The van der Waals surface area contributed by atoms with Gasteiger partial charge in [-0.05, 0) is 102 Å². The summed E-state index contributed by atoms with van der Waals surface area (Å²) < 4.78 is 22.6. The monoisotopic (exact) mass is 742 g/mol. The summed E-state index contributed by atoms with van der Waals surface area (Å²) in [6.45, 7) is 7.95. The predicted molar refractivity (Wildman–Crippen MR) is 210 cm³/mol. The van der Waals surface area contributed by atoms with Crippen molar-refractivity contribution in [3.8, 4) is 11.5 Å². The third-order valence-electron chi connectivity index (χ3n) is 10.0. The summed E-state index contributed by atoms with van der Waals surface area (Å²) >= 11 is 0. The van der Waals surface area contributed by atoms with E-state index in [9.17, 15) is 19.2 Å². The normalized spacial score (nSPS) is 16.6. The highest BCUT2D eigenvalue weighted by molar-refractivity contribution is 6.09. The smallest absolute Gasteiger partial charge is 0.290 e. The van der Waals surface area contributed by atoms with E-state index in [1.165, 1.54) is 12.2 Å². The summed E-state index contributed by atoms with van der Waals surface area (Å²) in [6.07, 6.45) is 3.52. The largest absolute Gasteiger partial charge is 0.497 e. The maximum absolute atomic E-state index is 13.6. The Labute approximate surface area is 321 Å². The fourth-order valence-corrected chi connectivity index (χ4v) is 7.10. The van der Waals surface area contributed by atoms with E-state index in [0.717, 1.165) is 44.5 Å². The Kier molecular flexibility index (Phi) is 11.8. The summed E-state index contributed by atoms with van der Waals surface area (Å²) in [4.78, 5) is 52.5. The number of amides is 2. The molecule has 2 aliphatic rings. The molecule has 0 aliphatic carbocycles. The summed E-state index contributed by atoms with van der Waals surface area (Å²) in [7, 11) is 3.17. The molecule has 55 heavy (non-hydrogen) atoms. The Morgan fingerprint density at radius 1 is 0.655 bits per heavy atom. The quantitative estimate of drug-likeness (QED) is 0.149. The second-order valence-corrected chi connectivity index (χ2v) is 13.8. The molecule has 0 aromatic heterocycles. The van der Waals surface area contributed by atoms with Crippen LogP contribution in [0.4, 0.5) is 11.4 Å². The number of carbonyl (C=O) groups is 4. The highest BCUT2D eigenvalue weighted by Gasteiger charge is 2.30. The molecule has 0 bridgehead atoms. The molecule has 2 unspecified atom stereocenters. The molecule has 0 radical (unpaired) electrons. The maximum Gasteiger partial charge on any atom is 0.290 e. The Bertz CT molecular complexity index is 2180. The SMILES string of the molecule is CCc1cc(Cc2ccc(C)c(NC(=O)C3=CC(=O)CC(c4ccc(OC)cc4)O3)c2CC)cc(C)c1NC(=O)C1=CC(=O)CC(c2ccc(OC)cc2)O1. The molecule has 284 valence electrons. The van der Waals surface area contributed by atoms with Crippen LogP contribution in [0.5, 0.6) is 11.5 Å². The lowest BCUT2D eigenvalue weighted by molar-refractivity contribution is -0.124. The zero-order valence-electron chi connectivity index (χ0n) is 32.0. The van der Waals surface area contributed by atoms with Gasteiger partial charge in [-0.25, -0.2) is 0 Å². The number of anilines is 2. The summed E-state index contributed by atoms with van der Waals surface area (Å²) in [5.41, 5.74) is 8.67. The van der Waals surface area contributed by atoms with Gasteiger partial charge in [0.15, 0.2) is 23.1 Å². The van der Waals surface area contributed by atoms with Crippen LogP contribution >= 0.6 is 0 Å². The van der Waals surface area contributed by atoms with Crippen molar-refractivity contribution in [2.24, 2.45) is 0 Å². The molecule has 0 saturated carbocycles. The van der Waals surface area contributed by atoms with Gasteiger partial charge in [0.25, 0.3) is 11.8 Å². The molecule has 0 spiro atoms. The second kappa shape index (κ2) is 16.9. The minimum Gasteiger partial charge on any atom is -0.497 e. The third kappa shape index (κ3) is 8.81. The molecule has 10 nitrogen and oxygen atoms in total. The average Bonchev–Trinajstić information content (AvgIpc) is 3.19. The third-order valence-corrected chi connectivity index (χ3v) is 10.0. The van der Waals surface area contributed by atoms with Gasteiger partial charge in [0.2, 0.25) is 0 Å². The number of hydrogen-bond donors (Lipinski definition) is 2. The Hall–Kier alpha value is -6.16. The Morgan fingerprint density at radius 3 is 1.64 bits per heavy atom. The molecule has 2 atom stereocenters. The molecular formula is C45H46N2O8. The predicted octanol–water partition coefficient (Wildman–Crippen LogP) is 8.14. The van der Waals surface area contributed by atoms with Crippen molar-refractivity contribution >= 4 is 34.8 Å². The molecule has 4 aromatic rings. The van der Waals surface area contributed by atoms with E-state index in [-0.39, 0.29) is 35.9 Å². The molecule has 0 saturated heterocycles. The number of ether oxygens (including phenoxy) is 4. The minimum atomic E-state index is -0.586. The van der Waals surface area contributed by atoms with Crippen LogP contribution < -0.4 is 20.1 Å². The summed E-state index contributed by atoms with van der Waals surface area (Å²) in [5, 5.41) is 6.07. The number of rotatable bonds is 12. The van der Waals surface area contributed by atoms with Crippen molar-refractivity contribution in [3.63, 3.8) is 0 Å². The molecule has 2 aliphatic heterocycles. The van der Waals surface area contributed by atoms with E-state index >= 15 is 0 Å². The van der Waals surface area contributed by atoms with Gasteiger partial charge in [-0.1, -0.05) is 62.4 Å².